The van der Waals surface area contributed by atoms with Crippen molar-refractivity contribution in [2.45, 2.75) is 30.2 Å². The zero-order chi connectivity index (χ0) is 12.5. The molecular weight excluding hydrogens is 230 g/mol. The number of fused-ring (bicyclic) bond motifs is 1. The minimum absolute atomic E-state index is 0.0189. The molecule has 1 heterocycles. The molecular formula is C14H15NOS. The Balaban J connectivity index is 2.16. The molecule has 1 amide bonds. The smallest absolute Gasteiger partial charge is 0.229 e. The largest absolute Gasteiger partial charge is 0.340 e. The Morgan fingerprint density at radius 3 is 2.94 bits per heavy atom. The first-order valence-electron chi connectivity index (χ1n) is 5.55. The Morgan fingerprint density at radius 1 is 1.53 bits per heavy atom. The van der Waals surface area contributed by atoms with Crippen LogP contribution < -0.4 is 5.32 Å². The van der Waals surface area contributed by atoms with Gasteiger partial charge in [-0.1, -0.05) is 24.1 Å². The lowest BCUT2D eigenvalue weighted by molar-refractivity contribution is -0.123. The second-order valence-corrected chi connectivity index (χ2v) is 5.72. The summed E-state index contributed by atoms with van der Waals surface area (Å²) in [4.78, 5) is 13.4. The Hall–Kier alpha value is -1.40. The van der Waals surface area contributed by atoms with Crippen LogP contribution in [0, 0.1) is 12.3 Å². The standard InChI is InChI=1S/C14H15NOS/c1-4-14(2,3)15-13(16)11-9-17-12-8-6-5-7-10(11)12/h1,5-8,11H,9H2,2-3H3,(H,15,16). The fourth-order valence-corrected chi connectivity index (χ4v) is 3.04. The molecule has 0 radical (unpaired) electrons. The normalized spacial score (nSPS) is 18.3. The number of nitrogens with one attached hydrogen (secondary N) is 1. The third-order valence-corrected chi connectivity index (χ3v) is 4.00. The number of terminal acetylenes is 1. The summed E-state index contributed by atoms with van der Waals surface area (Å²) in [6.07, 6.45) is 5.38. The molecule has 0 spiro atoms. The number of thioether (sulfide) groups is 1. The molecule has 1 aromatic rings. The van der Waals surface area contributed by atoms with Crippen LogP contribution in [-0.2, 0) is 4.79 Å². The lowest BCUT2D eigenvalue weighted by Gasteiger charge is -2.22. The average molecular weight is 245 g/mol. The fourth-order valence-electron chi connectivity index (χ4n) is 1.81. The van der Waals surface area contributed by atoms with Gasteiger partial charge in [0.25, 0.3) is 0 Å². The van der Waals surface area contributed by atoms with E-state index in [-0.39, 0.29) is 11.8 Å². The third kappa shape index (κ3) is 2.48. The van der Waals surface area contributed by atoms with Crippen molar-refractivity contribution in [3.63, 3.8) is 0 Å². The maximum absolute atomic E-state index is 12.2. The van der Waals surface area contributed by atoms with Crippen molar-refractivity contribution < 1.29 is 4.79 Å². The van der Waals surface area contributed by atoms with Crippen LogP contribution in [0.25, 0.3) is 0 Å². The molecule has 0 saturated carbocycles. The van der Waals surface area contributed by atoms with Gasteiger partial charge in [-0.25, -0.2) is 0 Å². The summed E-state index contributed by atoms with van der Waals surface area (Å²) in [6, 6.07) is 8.04. The van der Waals surface area contributed by atoms with Crippen LogP contribution in [0.3, 0.4) is 0 Å². The van der Waals surface area contributed by atoms with Crippen molar-refractivity contribution in [3.05, 3.63) is 29.8 Å². The second-order valence-electron chi connectivity index (χ2n) is 4.66. The van der Waals surface area contributed by atoms with Crippen LogP contribution in [-0.4, -0.2) is 17.2 Å². The summed E-state index contributed by atoms with van der Waals surface area (Å²) in [7, 11) is 0. The highest BCUT2D eigenvalue weighted by molar-refractivity contribution is 7.99. The number of amides is 1. The molecule has 0 saturated heterocycles. The van der Waals surface area contributed by atoms with Crippen LogP contribution >= 0.6 is 11.8 Å². The highest BCUT2D eigenvalue weighted by Crippen LogP contribution is 2.39. The van der Waals surface area contributed by atoms with Crippen molar-refractivity contribution in [3.8, 4) is 12.3 Å². The summed E-state index contributed by atoms with van der Waals surface area (Å²) >= 11 is 1.73. The Kier molecular flexibility index (Phi) is 3.17. The number of hydrogen-bond acceptors (Lipinski definition) is 2. The van der Waals surface area contributed by atoms with Crippen LogP contribution in [0.15, 0.2) is 29.2 Å². The third-order valence-electron chi connectivity index (χ3n) is 2.81. The quantitative estimate of drug-likeness (QED) is 0.811. The summed E-state index contributed by atoms with van der Waals surface area (Å²) < 4.78 is 0. The number of benzene rings is 1. The van der Waals surface area contributed by atoms with E-state index in [0.717, 1.165) is 11.3 Å². The summed E-state index contributed by atoms with van der Waals surface area (Å²) in [5, 5.41) is 2.90. The molecule has 3 heteroatoms. The van der Waals surface area contributed by atoms with E-state index in [1.165, 1.54) is 4.90 Å². The summed E-state index contributed by atoms with van der Waals surface area (Å²) in [5.41, 5.74) is 0.530. The van der Waals surface area contributed by atoms with Gasteiger partial charge in [-0.2, -0.15) is 0 Å². The molecule has 1 unspecified atom stereocenters. The van der Waals surface area contributed by atoms with Gasteiger partial charge in [-0.3, -0.25) is 4.79 Å². The van der Waals surface area contributed by atoms with Gasteiger partial charge in [0.05, 0.1) is 11.5 Å². The highest BCUT2D eigenvalue weighted by Gasteiger charge is 2.31. The molecule has 0 fully saturated rings. The van der Waals surface area contributed by atoms with Crippen LogP contribution in [0.5, 0.6) is 0 Å². The van der Waals surface area contributed by atoms with Gasteiger partial charge >= 0.3 is 0 Å². The van der Waals surface area contributed by atoms with Gasteiger partial charge in [0, 0.05) is 10.6 Å². The minimum atomic E-state index is -0.584. The summed E-state index contributed by atoms with van der Waals surface area (Å²) in [5.74, 6) is 3.32. The molecule has 1 atom stereocenters. The molecule has 0 bridgehead atoms. The number of hydrogen-bond donors (Lipinski definition) is 1. The maximum Gasteiger partial charge on any atom is 0.229 e. The van der Waals surface area contributed by atoms with E-state index in [4.69, 9.17) is 6.42 Å². The molecule has 17 heavy (non-hydrogen) atoms. The van der Waals surface area contributed by atoms with Gasteiger partial charge in [0.1, 0.15) is 0 Å². The molecule has 2 nitrogen and oxygen atoms in total. The Morgan fingerprint density at radius 2 is 2.24 bits per heavy atom. The average Bonchev–Trinajstić information content (AvgIpc) is 2.72. The molecule has 1 aliphatic heterocycles. The van der Waals surface area contributed by atoms with Crippen molar-refractivity contribution in [2.24, 2.45) is 0 Å². The number of rotatable bonds is 2. The lowest BCUT2D eigenvalue weighted by atomic mass is 9.98. The topological polar surface area (TPSA) is 29.1 Å². The molecule has 0 aliphatic carbocycles. The van der Waals surface area contributed by atoms with E-state index in [9.17, 15) is 4.79 Å². The molecule has 88 valence electrons. The monoisotopic (exact) mass is 245 g/mol. The SMILES string of the molecule is C#CC(C)(C)NC(=O)C1CSc2ccccc21. The van der Waals surface area contributed by atoms with E-state index in [0.29, 0.717) is 0 Å². The van der Waals surface area contributed by atoms with E-state index < -0.39 is 5.54 Å². The van der Waals surface area contributed by atoms with Crippen LogP contribution in [0.1, 0.15) is 25.3 Å². The molecule has 2 rings (SSSR count). The van der Waals surface area contributed by atoms with E-state index in [1.807, 2.05) is 32.0 Å². The lowest BCUT2D eigenvalue weighted by Crippen LogP contribution is -2.44. The zero-order valence-corrected chi connectivity index (χ0v) is 10.8. The first-order chi connectivity index (χ1) is 8.03. The van der Waals surface area contributed by atoms with E-state index >= 15 is 0 Å². The Labute approximate surface area is 106 Å². The first-order valence-corrected chi connectivity index (χ1v) is 6.53. The van der Waals surface area contributed by atoms with Gasteiger partial charge in [0.15, 0.2) is 0 Å². The highest BCUT2D eigenvalue weighted by atomic mass is 32.2. The first kappa shape index (κ1) is 12.1. The maximum atomic E-state index is 12.2. The van der Waals surface area contributed by atoms with E-state index in [1.54, 1.807) is 11.8 Å². The Bertz CT molecular complexity index is 487. The van der Waals surface area contributed by atoms with Gasteiger partial charge in [0.2, 0.25) is 5.91 Å². The van der Waals surface area contributed by atoms with Gasteiger partial charge in [-0.15, -0.1) is 18.2 Å². The van der Waals surface area contributed by atoms with E-state index in [2.05, 4.69) is 17.3 Å². The fraction of sp³-hybridized carbons (Fsp3) is 0.357. The van der Waals surface area contributed by atoms with Crippen molar-refractivity contribution in [1.29, 1.82) is 0 Å². The second kappa shape index (κ2) is 4.46. The molecule has 0 aromatic heterocycles. The number of carbonyl (C=O) groups excluding carboxylic acids is 1. The van der Waals surface area contributed by atoms with Crippen LogP contribution in [0.4, 0.5) is 0 Å². The van der Waals surface area contributed by atoms with Crippen molar-refractivity contribution >= 4 is 17.7 Å². The minimum Gasteiger partial charge on any atom is -0.340 e. The van der Waals surface area contributed by atoms with Gasteiger partial charge < -0.3 is 5.32 Å². The summed E-state index contributed by atoms with van der Waals surface area (Å²) in [6.45, 7) is 3.66. The molecule has 1 aliphatic rings. The predicted octanol–water partition coefficient (Wildman–Crippen LogP) is 2.40. The van der Waals surface area contributed by atoms with Crippen molar-refractivity contribution in [2.75, 3.05) is 5.75 Å². The van der Waals surface area contributed by atoms with Crippen molar-refractivity contribution in [1.82, 2.24) is 5.32 Å². The van der Waals surface area contributed by atoms with Gasteiger partial charge in [-0.05, 0) is 25.5 Å². The predicted molar refractivity (Wildman–Crippen MR) is 71.0 cm³/mol. The molecule has 1 aromatic carbocycles. The van der Waals surface area contributed by atoms with Crippen LogP contribution in [0.2, 0.25) is 0 Å². The number of carbonyl (C=O) groups is 1. The zero-order valence-electron chi connectivity index (χ0n) is 9.99. The molecule has 1 N–H and O–H groups in total.